The molecule has 1 spiro atoms. The number of rotatable bonds is 5. The number of thioether (sulfide) groups is 1. The van der Waals surface area contributed by atoms with E-state index in [1.807, 2.05) is 4.90 Å². The largest absolute Gasteiger partial charge is 0.341 e. The van der Waals surface area contributed by atoms with Gasteiger partial charge in [0.05, 0.1) is 5.75 Å². The van der Waals surface area contributed by atoms with Crippen molar-refractivity contribution in [2.45, 2.75) is 57.8 Å². The Kier molecular flexibility index (Phi) is 6.30. The molecule has 1 saturated carbocycles. The quantitative estimate of drug-likeness (QED) is 0.701. The number of nitrogens with zero attached hydrogens (tertiary/aromatic N) is 3. The summed E-state index contributed by atoms with van der Waals surface area (Å²) in [6.07, 6.45) is 11.8. The van der Waals surface area contributed by atoms with Gasteiger partial charge < -0.3 is 9.80 Å². The van der Waals surface area contributed by atoms with Crippen LogP contribution in [0.4, 0.5) is 4.79 Å². The van der Waals surface area contributed by atoms with Gasteiger partial charge in [0, 0.05) is 25.0 Å². The van der Waals surface area contributed by atoms with Crippen molar-refractivity contribution in [1.29, 1.82) is 0 Å². The predicted octanol–water partition coefficient (Wildman–Crippen LogP) is 2.97. The molecule has 3 heterocycles. The third-order valence-electron chi connectivity index (χ3n) is 7.24. The van der Waals surface area contributed by atoms with Crippen LogP contribution in [0.1, 0.15) is 57.8 Å². The molecule has 0 aromatic heterocycles. The fraction of sp³-hybridized carbons (Fsp3) is 0.857. The van der Waals surface area contributed by atoms with Crippen molar-refractivity contribution in [1.82, 2.24) is 14.7 Å². The molecule has 0 aromatic rings. The van der Waals surface area contributed by atoms with Crippen LogP contribution in [0.15, 0.2) is 0 Å². The summed E-state index contributed by atoms with van der Waals surface area (Å²) in [5.74, 6) is 0.789. The SMILES string of the molecule is O=C(CN1C(=O)CSC1=O)N1CC[C@@]2(CCCN(CCC3CCCCC3)C2)C1. The van der Waals surface area contributed by atoms with Crippen LogP contribution in [-0.4, -0.2) is 76.8 Å². The molecule has 0 radical (unpaired) electrons. The summed E-state index contributed by atoms with van der Waals surface area (Å²) >= 11 is 0.997. The van der Waals surface area contributed by atoms with Gasteiger partial charge in [-0.05, 0) is 44.7 Å². The Morgan fingerprint density at radius 2 is 1.86 bits per heavy atom. The fourth-order valence-electron chi connectivity index (χ4n) is 5.59. The lowest BCUT2D eigenvalue weighted by molar-refractivity contribution is -0.136. The van der Waals surface area contributed by atoms with E-state index in [0.29, 0.717) is 0 Å². The van der Waals surface area contributed by atoms with E-state index in [2.05, 4.69) is 4.90 Å². The predicted molar refractivity (Wildman–Crippen MR) is 110 cm³/mol. The van der Waals surface area contributed by atoms with Crippen LogP contribution in [0.2, 0.25) is 0 Å². The third kappa shape index (κ3) is 4.56. The summed E-state index contributed by atoms with van der Waals surface area (Å²) in [6, 6.07) is 0. The molecule has 6 nitrogen and oxygen atoms in total. The minimum absolute atomic E-state index is 0.0691. The first-order valence-electron chi connectivity index (χ1n) is 11.0. The molecule has 0 bridgehead atoms. The summed E-state index contributed by atoms with van der Waals surface area (Å²) < 4.78 is 0. The van der Waals surface area contributed by atoms with Crippen molar-refractivity contribution in [2.24, 2.45) is 11.3 Å². The molecule has 3 aliphatic heterocycles. The number of hydrogen-bond donors (Lipinski definition) is 0. The van der Waals surface area contributed by atoms with E-state index < -0.39 is 0 Å². The van der Waals surface area contributed by atoms with E-state index in [9.17, 15) is 14.4 Å². The average Bonchev–Trinajstić information content (AvgIpc) is 3.25. The minimum Gasteiger partial charge on any atom is -0.341 e. The molecule has 3 saturated heterocycles. The van der Waals surface area contributed by atoms with Gasteiger partial charge in [0.15, 0.2) is 0 Å². The molecule has 4 fully saturated rings. The molecule has 1 aliphatic carbocycles. The summed E-state index contributed by atoms with van der Waals surface area (Å²) in [5, 5.41) is -0.279. The molecule has 156 valence electrons. The lowest BCUT2D eigenvalue weighted by Gasteiger charge is -2.41. The lowest BCUT2D eigenvalue weighted by Crippen LogP contribution is -2.47. The molecule has 4 aliphatic rings. The third-order valence-corrected chi connectivity index (χ3v) is 8.10. The fourth-order valence-corrected chi connectivity index (χ4v) is 6.32. The average molecular weight is 408 g/mol. The zero-order valence-electron chi connectivity index (χ0n) is 16.9. The second kappa shape index (κ2) is 8.74. The summed E-state index contributed by atoms with van der Waals surface area (Å²) in [4.78, 5) is 41.9. The van der Waals surface area contributed by atoms with Crippen LogP contribution in [0.5, 0.6) is 0 Å². The summed E-state index contributed by atoms with van der Waals surface area (Å²) in [5.41, 5.74) is 0.217. The van der Waals surface area contributed by atoms with Crippen LogP contribution in [0.3, 0.4) is 0 Å². The number of carbonyl (C=O) groups excluding carboxylic acids is 3. The Bertz CT molecular complexity index is 606. The van der Waals surface area contributed by atoms with Crippen LogP contribution < -0.4 is 0 Å². The number of amides is 3. The van der Waals surface area contributed by atoms with Gasteiger partial charge in [-0.25, -0.2) is 0 Å². The van der Waals surface area contributed by atoms with Crippen LogP contribution in [-0.2, 0) is 9.59 Å². The van der Waals surface area contributed by atoms with Crippen molar-refractivity contribution < 1.29 is 14.4 Å². The number of likely N-dealkylation sites (tertiary alicyclic amines) is 2. The van der Waals surface area contributed by atoms with Crippen molar-refractivity contribution in [3.05, 3.63) is 0 Å². The number of piperidine rings is 1. The second-order valence-electron chi connectivity index (χ2n) is 9.27. The zero-order chi connectivity index (χ0) is 19.6. The van der Waals surface area contributed by atoms with Gasteiger partial charge in [-0.1, -0.05) is 43.9 Å². The highest BCUT2D eigenvalue weighted by molar-refractivity contribution is 8.14. The Labute approximate surface area is 172 Å². The maximum atomic E-state index is 12.7. The van der Waals surface area contributed by atoms with Crippen LogP contribution >= 0.6 is 11.8 Å². The first kappa shape index (κ1) is 20.2. The summed E-state index contributed by atoms with van der Waals surface area (Å²) in [6.45, 7) is 4.96. The molecule has 3 amide bonds. The normalized spacial score (nSPS) is 30.0. The van der Waals surface area contributed by atoms with E-state index in [4.69, 9.17) is 0 Å². The first-order valence-corrected chi connectivity index (χ1v) is 12.0. The smallest absolute Gasteiger partial charge is 0.289 e. The molecule has 4 rings (SSSR count). The molecule has 1 atom stereocenters. The highest BCUT2D eigenvalue weighted by Gasteiger charge is 2.43. The summed E-state index contributed by atoms with van der Waals surface area (Å²) in [7, 11) is 0. The van der Waals surface area contributed by atoms with Gasteiger partial charge in [-0.15, -0.1) is 0 Å². The van der Waals surface area contributed by atoms with Gasteiger partial charge in [0.2, 0.25) is 11.8 Å². The zero-order valence-corrected chi connectivity index (χ0v) is 17.7. The molecular formula is C21H33N3O3S. The van der Waals surface area contributed by atoms with Gasteiger partial charge >= 0.3 is 0 Å². The van der Waals surface area contributed by atoms with Crippen molar-refractivity contribution in [3.8, 4) is 0 Å². The second-order valence-corrected chi connectivity index (χ2v) is 10.2. The van der Waals surface area contributed by atoms with E-state index in [-0.39, 0.29) is 34.8 Å². The number of hydrogen-bond acceptors (Lipinski definition) is 5. The number of carbonyl (C=O) groups is 3. The molecule has 0 unspecified atom stereocenters. The highest BCUT2D eigenvalue weighted by atomic mass is 32.2. The Morgan fingerprint density at radius 1 is 1.04 bits per heavy atom. The monoisotopic (exact) mass is 407 g/mol. The van der Waals surface area contributed by atoms with E-state index in [1.165, 1.54) is 64.5 Å². The van der Waals surface area contributed by atoms with Crippen LogP contribution in [0.25, 0.3) is 0 Å². The maximum Gasteiger partial charge on any atom is 0.289 e. The molecule has 7 heteroatoms. The van der Waals surface area contributed by atoms with E-state index >= 15 is 0 Å². The topological polar surface area (TPSA) is 60.9 Å². The molecule has 0 N–H and O–H groups in total. The molecular weight excluding hydrogens is 374 g/mol. The van der Waals surface area contributed by atoms with E-state index in [1.54, 1.807) is 0 Å². The van der Waals surface area contributed by atoms with Crippen molar-refractivity contribution in [2.75, 3.05) is 45.0 Å². The van der Waals surface area contributed by atoms with E-state index in [0.717, 1.165) is 48.6 Å². The Hall–Kier alpha value is -1.08. The van der Waals surface area contributed by atoms with Crippen molar-refractivity contribution >= 4 is 28.8 Å². The van der Waals surface area contributed by atoms with Crippen LogP contribution in [0, 0.1) is 11.3 Å². The lowest BCUT2D eigenvalue weighted by atomic mass is 9.79. The Morgan fingerprint density at radius 3 is 2.61 bits per heavy atom. The Balaban J connectivity index is 1.27. The molecule has 28 heavy (non-hydrogen) atoms. The van der Waals surface area contributed by atoms with Gasteiger partial charge in [-0.3, -0.25) is 19.3 Å². The van der Waals surface area contributed by atoms with Crippen molar-refractivity contribution in [3.63, 3.8) is 0 Å². The van der Waals surface area contributed by atoms with Gasteiger partial charge in [-0.2, -0.15) is 0 Å². The van der Waals surface area contributed by atoms with Gasteiger partial charge in [0.1, 0.15) is 6.54 Å². The number of imide groups is 1. The highest BCUT2D eigenvalue weighted by Crippen LogP contribution is 2.39. The molecule has 0 aromatic carbocycles. The first-order chi connectivity index (χ1) is 13.5. The maximum absolute atomic E-state index is 12.7. The van der Waals surface area contributed by atoms with Gasteiger partial charge in [0.25, 0.3) is 5.24 Å². The minimum atomic E-state index is -0.279. The standard InChI is InChI=1S/C21H33N3O3S/c25-18(13-24-19(26)14-28-20(24)27)23-12-9-21(16-23)8-4-10-22(15-21)11-7-17-5-2-1-3-6-17/h17H,1-16H2/t21-/m1/s1.